The number of carbonyl (C=O) groups is 2. The molecular formula is C13H16N2O2S. The van der Waals surface area contributed by atoms with Crippen molar-refractivity contribution in [3.05, 3.63) is 29.8 Å². The monoisotopic (exact) mass is 264 g/mol. The standard InChI is InChI=1S/C13H16N2O2S/c1-14-12(16)6-9-3-2-4-10(5-9)15-8-11(18)7-13(15)17/h2-5,11,18H,6-8H2,1H3,(H,14,16). The lowest BCUT2D eigenvalue weighted by Crippen LogP contribution is -2.25. The van der Waals surface area contributed by atoms with Gasteiger partial charge in [-0.25, -0.2) is 0 Å². The van der Waals surface area contributed by atoms with E-state index in [2.05, 4.69) is 17.9 Å². The molecule has 0 spiro atoms. The lowest BCUT2D eigenvalue weighted by Gasteiger charge is -2.16. The van der Waals surface area contributed by atoms with Crippen molar-refractivity contribution in [3.63, 3.8) is 0 Å². The second-order valence-electron chi connectivity index (χ2n) is 4.38. The SMILES string of the molecule is CNC(=O)Cc1cccc(N2CC(S)CC2=O)c1. The van der Waals surface area contributed by atoms with Crippen LogP contribution in [0.5, 0.6) is 0 Å². The number of nitrogens with zero attached hydrogens (tertiary/aromatic N) is 1. The van der Waals surface area contributed by atoms with Crippen LogP contribution in [0.3, 0.4) is 0 Å². The van der Waals surface area contributed by atoms with Gasteiger partial charge in [-0.2, -0.15) is 12.6 Å². The van der Waals surface area contributed by atoms with E-state index in [0.29, 0.717) is 19.4 Å². The highest BCUT2D eigenvalue weighted by atomic mass is 32.1. The molecule has 18 heavy (non-hydrogen) atoms. The van der Waals surface area contributed by atoms with E-state index in [-0.39, 0.29) is 17.1 Å². The second-order valence-corrected chi connectivity index (χ2v) is 5.11. The van der Waals surface area contributed by atoms with Crippen molar-refractivity contribution in [2.45, 2.75) is 18.1 Å². The van der Waals surface area contributed by atoms with Crippen molar-refractivity contribution in [1.29, 1.82) is 0 Å². The fourth-order valence-electron chi connectivity index (χ4n) is 2.05. The molecule has 0 saturated carbocycles. The summed E-state index contributed by atoms with van der Waals surface area (Å²) in [7, 11) is 1.61. The Balaban J connectivity index is 2.17. The summed E-state index contributed by atoms with van der Waals surface area (Å²) in [4.78, 5) is 24.8. The summed E-state index contributed by atoms with van der Waals surface area (Å²) in [6.45, 7) is 0.630. The molecule has 1 unspecified atom stereocenters. The molecule has 1 fully saturated rings. The van der Waals surface area contributed by atoms with Crippen molar-refractivity contribution in [1.82, 2.24) is 5.32 Å². The van der Waals surface area contributed by atoms with Crippen LogP contribution in [0.2, 0.25) is 0 Å². The van der Waals surface area contributed by atoms with Gasteiger partial charge >= 0.3 is 0 Å². The summed E-state index contributed by atoms with van der Waals surface area (Å²) in [5.41, 5.74) is 1.75. The maximum absolute atomic E-state index is 11.8. The Hall–Kier alpha value is -1.49. The maximum Gasteiger partial charge on any atom is 0.228 e. The molecule has 1 atom stereocenters. The summed E-state index contributed by atoms with van der Waals surface area (Å²) in [5.74, 6) is 0.0547. The third-order valence-electron chi connectivity index (χ3n) is 2.97. The Labute approximate surface area is 112 Å². The molecule has 2 amide bonds. The fourth-order valence-corrected chi connectivity index (χ4v) is 2.37. The topological polar surface area (TPSA) is 49.4 Å². The Morgan fingerprint density at radius 1 is 1.56 bits per heavy atom. The zero-order chi connectivity index (χ0) is 13.1. The predicted molar refractivity (Wildman–Crippen MR) is 74.0 cm³/mol. The first-order chi connectivity index (χ1) is 8.60. The van der Waals surface area contributed by atoms with Crippen LogP contribution < -0.4 is 10.2 Å². The van der Waals surface area contributed by atoms with E-state index in [1.807, 2.05) is 24.3 Å². The van der Waals surface area contributed by atoms with Gasteiger partial charge in [-0.1, -0.05) is 12.1 Å². The highest BCUT2D eigenvalue weighted by molar-refractivity contribution is 7.81. The third kappa shape index (κ3) is 2.85. The number of rotatable bonds is 3. The molecule has 4 nitrogen and oxygen atoms in total. The zero-order valence-corrected chi connectivity index (χ0v) is 11.1. The lowest BCUT2D eigenvalue weighted by molar-refractivity contribution is -0.120. The zero-order valence-electron chi connectivity index (χ0n) is 10.2. The van der Waals surface area contributed by atoms with Crippen LogP contribution in [0, 0.1) is 0 Å². The molecule has 0 bridgehead atoms. The van der Waals surface area contributed by atoms with Gasteiger partial charge in [-0.05, 0) is 17.7 Å². The number of nitrogens with one attached hydrogen (secondary N) is 1. The average molecular weight is 264 g/mol. The Bertz CT molecular complexity index is 476. The predicted octanol–water partition coefficient (Wildman–Crippen LogP) is 1.01. The molecule has 1 aliphatic rings. The minimum Gasteiger partial charge on any atom is -0.359 e. The summed E-state index contributed by atoms with van der Waals surface area (Å²) >= 11 is 4.33. The number of hydrogen-bond acceptors (Lipinski definition) is 3. The Morgan fingerprint density at radius 3 is 2.94 bits per heavy atom. The maximum atomic E-state index is 11.8. The quantitative estimate of drug-likeness (QED) is 0.801. The smallest absolute Gasteiger partial charge is 0.228 e. The number of amides is 2. The van der Waals surface area contributed by atoms with Crippen molar-refractivity contribution in [2.75, 3.05) is 18.5 Å². The van der Waals surface area contributed by atoms with Crippen molar-refractivity contribution < 1.29 is 9.59 Å². The minimum absolute atomic E-state index is 0.0352. The van der Waals surface area contributed by atoms with E-state index in [1.54, 1.807) is 11.9 Å². The molecule has 0 aliphatic carbocycles. The number of likely N-dealkylation sites (N-methyl/N-ethyl adjacent to an activating group) is 1. The molecule has 1 saturated heterocycles. The first-order valence-corrected chi connectivity index (χ1v) is 6.39. The van der Waals surface area contributed by atoms with Gasteiger partial charge in [-0.15, -0.1) is 0 Å². The molecule has 1 aromatic carbocycles. The number of carbonyl (C=O) groups excluding carboxylic acids is 2. The van der Waals surface area contributed by atoms with Crippen LogP contribution in [-0.2, 0) is 16.0 Å². The van der Waals surface area contributed by atoms with Crippen LogP contribution in [0.4, 0.5) is 5.69 Å². The van der Waals surface area contributed by atoms with E-state index in [1.165, 1.54) is 0 Å². The largest absolute Gasteiger partial charge is 0.359 e. The van der Waals surface area contributed by atoms with Crippen LogP contribution in [-0.4, -0.2) is 30.7 Å². The van der Waals surface area contributed by atoms with Crippen LogP contribution in [0.25, 0.3) is 0 Å². The fraction of sp³-hybridized carbons (Fsp3) is 0.385. The van der Waals surface area contributed by atoms with Crippen molar-refractivity contribution in [2.24, 2.45) is 0 Å². The average Bonchev–Trinajstić information content (AvgIpc) is 2.68. The van der Waals surface area contributed by atoms with E-state index >= 15 is 0 Å². The number of anilines is 1. The highest BCUT2D eigenvalue weighted by Crippen LogP contribution is 2.24. The lowest BCUT2D eigenvalue weighted by atomic mass is 10.1. The van der Waals surface area contributed by atoms with E-state index in [0.717, 1.165) is 11.3 Å². The molecule has 2 rings (SSSR count). The summed E-state index contributed by atoms with van der Waals surface area (Å²) in [5, 5.41) is 2.68. The van der Waals surface area contributed by atoms with E-state index in [4.69, 9.17) is 0 Å². The van der Waals surface area contributed by atoms with Crippen LogP contribution in [0.15, 0.2) is 24.3 Å². The molecular weight excluding hydrogens is 248 g/mol. The van der Waals surface area contributed by atoms with Gasteiger partial charge in [-0.3, -0.25) is 9.59 Å². The number of thiol groups is 1. The minimum atomic E-state index is -0.0352. The number of hydrogen-bond donors (Lipinski definition) is 2. The molecule has 1 aromatic rings. The van der Waals surface area contributed by atoms with Crippen LogP contribution in [0.1, 0.15) is 12.0 Å². The van der Waals surface area contributed by atoms with Gasteiger partial charge in [0.2, 0.25) is 11.8 Å². The van der Waals surface area contributed by atoms with Gasteiger partial charge in [0.25, 0.3) is 0 Å². The van der Waals surface area contributed by atoms with Gasteiger partial charge in [0.15, 0.2) is 0 Å². The highest BCUT2D eigenvalue weighted by Gasteiger charge is 2.28. The Kier molecular flexibility index (Phi) is 3.91. The van der Waals surface area contributed by atoms with Crippen LogP contribution >= 0.6 is 12.6 Å². The van der Waals surface area contributed by atoms with Gasteiger partial charge in [0, 0.05) is 31.0 Å². The number of benzene rings is 1. The first-order valence-electron chi connectivity index (χ1n) is 5.88. The second kappa shape index (κ2) is 5.44. The third-order valence-corrected chi connectivity index (χ3v) is 3.32. The molecule has 0 radical (unpaired) electrons. The molecule has 96 valence electrons. The van der Waals surface area contributed by atoms with Gasteiger partial charge in [0.1, 0.15) is 0 Å². The molecule has 5 heteroatoms. The van der Waals surface area contributed by atoms with E-state index in [9.17, 15) is 9.59 Å². The summed E-state index contributed by atoms with van der Waals surface area (Å²) in [6, 6.07) is 7.53. The Morgan fingerprint density at radius 2 is 2.33 bits per heavy atom. The molecule has 1 heterocycles. The van der Waals surface area contributed by atoms with E-state index < -0.39 is 0 Å². The summed E-state index contributed by atoms with van der Waals surface area (Å²) < 4.78 is 0. The first kappa shape index (κ1) is 13.0. The molecule has 1 aliphatic heterocycles. The van der Waals surface area contributed by atoms with Gasteiger partial charge in [0.05, 0.1) is 6.42 Å². The van der Waals surface area contributed by atoms with Crippen molar-refractivity contribution in [3.8, 4) is 0 Å². The normalized spacial score (nSPS) is 19.1. The van der Waals surface area contributed by atoms with Gasteiger partial charge < -0.3 is 10.2 Å². The van der Waals surface area contributed by atoms with Crippen molar-refractivity contribution >= 4 is 30.1 Å². The summed E-state index contributed by atoms with van der Waals surface area (Å²) in [6.07, 6.45) is 0.805. The molecule has 0 aromatic heterocycles. The molecule has 1 N–H and O–H groups in total.